The largest absolute Gasteiger partial charge is 0.323 e. The predicted molar refractivity (Wildman–Crippen MR) is 121 cm³/mol. The molecule has 5 rings (SSSR count). The fourth-order valence-electron chi connectivity index (χ4n) is 4.98. The lowest BCUT2D eigenvalue weighted by Gasteiger charge is -2.40. The number of benzene rings is 1. The molecular formula is C23H22Cl2N4S. The first kappa shape index (κ1) is 20.3. The van der Waals surface area contributed by atoms with Gasteiger partial charge in [-0.25, -0.2) is 9.97 Å². The van der Waals surface area contributed by atoms with Gasteiger partial charge in [-0.3, -0.25) is 4.98 Å². The van der Waals surface area contributed by atoms with Gasteiger partial charge in [-0.2, -0.15) is 0 Å². The maximum absolute atomic E-state index is 6.70. The van der Waals surface area contributed by atoms with Crippen molar-refractivity contribution in [2.24, 2.45) is 11.1 Å². The van der Waals surface area contributed by atoms with Gasteiger partial charge in [0, 0.05) is 23.1 Å². The Kier molecular flexibility index (Phi) is 5.48. The van der Waals surface area contributed by atoms with Gasteiger partial charge in [0.05, 0.1) is 23.1 Å². The van der Waals surface area contributed by atoms with E-state index in [0.29, 0.717) is 16.1 Å². The second-order valence-electron chi connectivity index (χ2n) is 8.29. The molecular weight excluding hydrogens is 435 g/mol. The zero-order valence-corrected chi connectivity index (χ0v) is 18.7. The van der Waals surface area contributed by atoms with Crippen molar-refractivity contribution < 1.29 is 0 Å². The van der Waals surface area contributed by atoms with Crippen molar-refractivity contribution in [3.63, 3.8) is 0 Å². The van der Waals surface area contributed by atoms with Crippen LogP contribution in [0.15, 0.2) is 58.8 Å². The van der Waals surface area contributed by atoms with Crippen LogP contribution in [0.3, 0.4) is 0 Å². The van der Waals surface area contributed by atoms with Crippen molar-refractivity contribution in [2.45, 2.75) is 54.0 Å². The van der Waals surface area contributed by atoms with Crippen molar-refractivity contribution in [2.75, 3.05) is 0 Å². The Morgan fingerprint density at radius 1 is 1.00 bits per heavy atom. The standard InChI is InChI=1S/C23H22Cl2N4S/c24-20-18(7-10-27-22(20)25)30-19-13-28-17(12-29-19)14-5-8-23(9-6-14)11-15-3-1-2-4-16(15)21(23)26/h1-4,7,10,12-14,21H,5-6,8-9,11,26H2/t14-,21-,23+/m1/s1. The number of fused-ring (bicyclic) bond motifs is 1. The molecule has 1 fully saturated rings. The zero-order valence-electron chi connectivity index (χ0n) is 16.4. The van der Waals surface area contributed by atoms with Crippen LogP contribution in [-0.4, -0.2) is 15.0 Å². The average Bonchev–Trinajstić information content (AvgIpc) is 3.04. The van der Waals surface area contributed by atoms with Gasteiger partial charge in [0.25, 0.3) is 0 Å². The minimum absolute atomic E-state index is 0.149. The second kappa shape index (κ2) is 8.12. The van der Waals surface area contributed by atoms with Crippen LogP contribution in [-0.2, 0) is 6.42 Å². The van der Waals surface area contributed by atoms with E-state index in [-0.39, 0.29) is 11.5 Å². The molecule has 2 heterocycles. The first-order chi connectivity index (χ1) is 14.6. The number of aromatic nitrogens is 3. The Hall–Kier alpha value is -1.66. The van der Waals surface area contributed by atoms with Gasteiger partial charge in [-0.05, 0) is 54.7 Å². The average molecular weight is 457 g/mol. The van der Waals surface area contributed by atoms with Crippen LogP contribution in [0.4, 0.5) is 0 Å². The predicted octanol–water partition coefficient (Wildman–Crippen LogP) is 6.23. The lowest BCUT2D eigenvalue weighted by molar-refractivity contribution is 0.148. The van der Waals surface area contributed by atoms with Crippen molar-refractivity contribution in [1.29, 1.82) is 0 Å². The molecule has 4 nitrogen and oxygen atoms in total. The first-order valence-electron chi connectivity index (χ1n) is 10.2. The van der Waals surface area contributed by atoms with Crippen LogP contribution in [0.5, 0.6) is 0 Å². The van der Waals surface area contributed by atoms with Gasteiger partial charge in [0.2, 0.25) is 0 Å². The summed E-state index contributed by atoms with van der Waals surface area (Å²) in [7, 11) is 0. The van der Waals surface area contributed by atoms with Gasteiger partial charge in [0.15, 0.2) is 0 Å². The highest BCUT2D eigenvalue weighted by atomic mass is 35.5. The minimum atomic E-state index is 0.149. The van der Waals surface area contributed by atoms with Crippen LogP contribution >= 0.6 is 35.0 Å². The molecule has 2 N–H and O–H groups in total. The topological polar surface area (TPSA) is 64.7 Å². The summed E-state index contributed by atoms with van der Waals surface area (Å²) in [6.07, 6.45) is 11.0. The normalized spacial score (nSPS) is 25.4. The van der Waals surface area contributed by atoms with E-state index in [1.54, 1.807) is 6.20 Å². The third kappa shape index (κ3) is 3.62. The van der Waals surface area contributed by atoms with Crippen LogP contribution < -0.4 is 5.73 Å². The van der Waals surface area contributed by atoms with Gasteiger partial charge in [0.1, 0.15) is 10.2 Å². The zero-order chi connectivity index (χ0) is 20.7. The molecule has 1 spiro atoms. The van der Waals surface area contributed by atoms with Crippen molar-refractivity contribution in [1.82, 2.24) is 15.0 Å². The summed E-state index contributed by atoms with van der Waals surface area (Å²) >= 11 is 13.7. The molecule has 1 aromatic carbocycles. The number of halogens is 2. The van der Waals surface area contributed by atoms with E-state index in [1.165, 1.54) is 22.9 Å². The highest BCUT2D eigenvalue weighted by Gasteiger charge is 2.46. The number of hydrogen-bond donors (Lipinski definition) is 1. The molecule has 30 heavy (non-hydrogen) atoms. The van der Waals surface area contributed by atoms with Crippen molar-refractivity contribution in [3.8, 4) is 0 Å². The number of hydrogen-bond acceptors (Lipinski definition) is 5. The summed E-state index contributed by atoms with van der Waals surface area (Å²) in [5.74, 6) is 0.442. The summed E-state index contributed by atoms with van der Waals surface area (Å²) in [5, 5.41) is 1.54. The van der Waals surface area contributed by atoms with E-state index in [0.717, 1.165) is 47.7 Å². The molecule has 3 aromatic rings. The number of nitrogens with zero attached hydrogens (tertiary/aromatic N) is 3. The number of pyridine rings is 1. The minimum Gasteiger partial charge on any atom is -0.323 e. The molecule has 2 aliphatic carbocycles. The molecule has 7 heteroatoms. The Morgan fingerprint density at radius 3 is 2.53 bits per heavy atom. The molecule has 2 aliphatic rings. The maximum atomic E-state index is 6.70. The molecule has 0 aliphatic heterocycles. The molecule has 154 valence electrons. The van der Waals surface area contributed by atoms with Crippen LogP contribution in [0.2, 0.25) is 10.2 Å². The monoisotopic (exact) mass is 456 g/mol. The number of nitrogens with two attached hydrogens (primary N) is 1. The molecule has 0 saturated heterocycles. The summed E-state index contributed by atoms with van der Waals surface area (Å²) in [6, 6.07) is 10.6. The van der Waals surface area contributed by atoms with Gasteiger partial charge in [-0.1, -0.05) is 59.2 Å². The Bertz CT molecular complexity index is 1070. The van der Waals surface area contributed by atoms with Crippen molar-refractivity contribution >= 4 is 35.0 Å². The van der Waals surface area contributed by atoms with Crippen LogP contribution in [0.25, 0.3) is 0 Å². The molecule has 0 radical (unpaired) electrons. The van der Waals surface area contributed by atoms with Crippen LogP contribution in [0.1, 0.15) is 54.5 Å². The van der Waals surface area contributed by atoms with Crippen molar-refractivity contribution in [3.05, 3.63) is 75.9 Å². The molecule has 0 unspecified atom stereocenters. The van der Waals surface area contributed by atoms with E-state index in [2.05, 4.69) is 34.2 Å². The summed E-state index contributed by atoms with van der Waals surface area (Å²) in [6.45, 7) is 0. The Labute approximate surface area is 190 Å². The van der Waals surface area contributed by atoms with E-state index < -0.39 is 0 Å². The summed E-state index contributed by atoms with van der Waals surface area (Å²) in [4.78, 5) is 14.1. The van der Waals surface area contributed by atoms with Crippen LogP contribution in [0, 0.1) is 5.41 Å². The maximum Gasteiger partial charge on any atom is 0.148 e. The fourth-order valence-corrected chi connectivity index (χ4v) is 6.17. The highest BCUT2D eigenvalue weighted by Crippen LogP contribution is 2.55. The van der Waals surface area contributed by atoms with Gasteiger partial charge >= 0.3 is 0 Å². The van der Waals surface area contributed by atoms with E-state index in [1.807, 2.05) is 18.5 Å². The molecule has 2 aromatic heterocycles. The lowest BCUT2D eigenvalue weighted by atomic mass is 9.66. The quantitative estimate of drug-likeness (QED) is 0.473. The lowest BCUT2D eigenvalue weighted by Crippen LogP contribution is -2.35. The summed E-state index contributed by atoms with van der Waals surface area (Å²) in [5.41, 5.74) is 10.7. The second-order valence-corrected chi connectivity index (χ2v) is 10.1. The summed E-state index contributed by atoms with van der Waals surface area (Å²) < 4.78 is 0. The molecule has 1 atom stereocenters. The highest BCUT2D eigenvalue weighted by molar-refractivity contribution is 7.99. The molecule has 0 amide bonds. The van der Waals surface area contributed by atoms with Gasteiger partial charge in [-0.15, -0.1) is 0 Å². The van der Waals surface area contributed by atoms with E-state index in [4.69, 9.17) is 33.9 Å². The third-order valence-corrected chi connectivity index (χ3v) is 8.52. The first-order valence-corrected chi connectivity index (χ1v) is 11.8. The SMILES string of the molecule is N[C@@H]1c2ccccc2C[C@]12CC[C@H](c1cnc(Sc3ccnc(Cl)c3Cl)cn1)CC2. The smallest absolute Gasteiger partial charge is 0.148 e. The molecule has 1 saturated carbocycles. The number of rotatable bonds is 3. The Morgan fingerprint density at radius 2 is 1.80 bits per heavy atom. The third-order valence-electron chi connectivity index (χ3n) is 6.67. The molecule has 0 bridgehead atoms. The van der Waals surface area contributed by atoms with E-state index in [9.17, 15) is 0 Å². The van der Waals surface area contributed by atoms with E-state index >= 15 is 0 Å². The fraction of sp³-hybridized carbons (Fsp3) is 0.348. The van der Waals surface area contributed by atoms with Gasteiger partial charge < -0.3 is 5.73 Å². The Balaban J connectivity index is 1.26.